The number of halogens is 1. The maximum Gasteiger partial charge on any atom is 0.328 e. The van der Waals surface area contributed by atoms with Crippen molar-refractivity contribution in [1.29, 1.82) is 10.8 Å². The number of anilines is 2. The lowest BCUT2D eigenvalue weighted by atomic mass is 9.86. The molecule has 0 aliphatic heterocycles. The minimum absolute atomic E-state index is 0.457. The number of aliphatic carboxylic acids is 2. The number of nitrogens with one attached hydrogen (secondary N) is 2. The number of nitrogens with two attached hydrogens (primary N) is 2. The summed E-state index contributed by atoms with van der Waals surface area (Å²) in [6.07, 6.45) is 9.43. The molecule has 6 aromatic carbocycles. The van der Waals surface area contributed by atoms with Crippen LogP contribution in [0.2, 0.25) is 5.02 Å². The van der Waals surface area contributed by atoms with Gasteiger partial charge in [0.2, 0.25) is 0 Å². The Kier molecular flexibility index (Phi) is 18.6. The normalized spacial score (nSPS) is 11.7. The van der Waals surface area contributed by atoms with E-state index in [2.05, 4.69) is 44.2 Å². The van der Waals surface area contributed by atoms with Gasteiger partial charge in [0.05, 0.1) is 0 Å². The fraction of sp³-hybridized carbons (Fsp3) is 0.127. The molecule has 0 heterocycles. The zero-order valence-corrected chi connectivity index (χ0v) is 37.6. The van der Waals surface area contributed by atoms with Crippen molar-refractivity contribution < 1.29 is 19.8 Å². The molecular weight excluding hydrogens is 816 g/mol. The molecule has 0 aliphatic rings. The number of nitrogen functional groups attached to an aromatic ring is 2. The number of aryl methyl sites for hydroxylation is 1. The van der Waals surface area contributed by atoms with Gasteiger partial charge in [-0.1, -0.05) is 142 Å². The second kappa shape index (κ2) is 24.2. The Morgan fingerprint density at radius 1 is 0.531 bits per heavy atom. The van der Waals surface area contributed by atoms with Gasteiger partial charge in [0.1, 0.15) is 0 Å². The summed E-state index contributed by atoms with van der Waals surface area (Å²) in [4.78, 5) is 21.7. The first-order valence-electron chi connectivity index (χ1n) is 21.0. The van der Waals surface area contributed by atoms with Crippen molar-refractivity contribution in [2.45, 2.75) is 47.5 Å². The summed E-state index contributed by atoms with van der Waals surface area (Å²) in [6.45, 7) is 10.2. The van der Waals surface area contributed by atoms with Crippen LogP contribution >= 0.6 is 11.6 Å². The first-order valence-corrected chi connectivity index (χ1v) is 21.4. The van der Waals surface area contributed by atoms with Gasteiger partial charge in [0.15, 0.2) is 0 Å². The fourth-order valence-corrected chi connectivity index (χ4v) is 7.47. The monoisotopic (exact) mass is 870 g/mol. The largest absolute Gasteiger partial charge is 0.478 e. The Morgan fingerprint density at radius 2 is 0.906 bits per heavy atom. The summed E-state index contributed by atoms with van der Waals surface area (Å²) in [5.74, 6) is -2.00. The smallest absolute Gasteiger partial charge is 0.328 e. The molecule has 0 bridgehead atoms. The number of hydrogen-bond donors (Lipinski definition) is 6. The van der Waals surface area contributed by atoms with Crippen molar-refractivity contribution in [3.63, 3.8) is 0 Å². The Labute approximate surface area is 381 Å². The van der Waals surface area contributed by atoms with Crippen LogP contribution in [0.5, 0.6) is 0 Å². The van der Waals surface area contributed by atoms with E-state index < -0.39 is 11.9 Å². The Bertz CT molecular complexity index is 2550. The number of rotatable bonds is 14. The molecular formula is C55H55ClN4O4. The molecule has 0 saturated heterocycles. The van der Waals surface area contributed by atoms with E-state index in [-0.39, 0.29) is 0 Å². The van der Waals surface area contributed by atoms with Gasteiger partial charge in [-0.2, -0.15) is 0 Å². The summed E-state index contributed by atoms with van der Waals surface area (Å²) in [6, 6.07) is 43.4. The molecule has 0 fully saturated rings. The first kappa shape index (κ1) is 49.1. The van der Waals surface area contributed by atoms with Crippen LogP contribution in [0.15, 0.2) is 146 Å². The zero-order valence-electron chi connectivity index (χ0n) is 36.8. The predicted molar refractivity (Wildman–Crippen MR) is 270 cm³/mol. The minimum atomic E-state index is -1.03. The van der Waals surface area contributed by atoms with Crippen LogP contribution < -0.4 is 11.5 Å². The summed E-state index contributed by atoms with van der Waals surface area (Å²) >= 11 is 6.50. The highest BCUT2D eigenvalue weighted by molar-refractivity contribution is 6.32. The lowest BCUT2D eigenvalue weighted by Crippen LogP contribution is -1.99. The highest BCUT2D eigenvalue weighted by Gasteiger charge is 2.17. The van der Waals surface area contributed by atoms with Crippen molar-refractivity contribution in [3.05, 3.63) is 212 Å². The molecule has 8 nitrogen and oxygen atoms in total. The molecule has 0 aromatic heterocycles. The van der Waals surface area contributed by atoms with E-state index in [1.165, 1.54) is 24.1 Å². The molecule has 8 N–H and O–H groups in total. The van der Waals surface area contributed by atoms with Crippen LogP contribution in [0.25, 0.3) is 34.4 Å². The highest BCUT2D eigenvalue weighted by Crippen LogP contribution is 2.38. The fourth-order valence-electron chi connectivity index (χ4n) is 7.23. The SMILES string of the molecule is CC.CC/C(=C(/c1ccc(/C=C/C(=O)O)c(C)c1)c1ccc(N)c(C=N)c1)c1ccccc1.CC/C(=C(/c1ccc(/C=C/C(=O)O)c(Cl)c1)c1ccc(N)c(C=N)c1)c1ccccc1. The van der Waals surface area contributed by atoms with E-state index in [9.17, 15) is 9.59 Å². The molecule has 9 heteroatoms. The average Bonchev–Trinajstić information content (AvgIpc) is 3.31. The van der Waals surface area contributed by atoms with Gasteiger partial charge in [0, 0.05) is 52.1 Å². The van der Waals surface area contributed by atoms with Gasteiger partial charge in [-0.3, -0.25) is 0 Å². The maximum atomic E-state index is 10.9. The van der Waals surface area contributed by atoms with Gasteiger partial charge >= 0.3 is 11.9 Å². The molecule has 0 radical (unpaired) electrons. The van der Waals surface area contributed by atoms with Crippen molar-refractivity contribution in [2.24, 2.45) is 0 Å². The summed E-state index contributed by atoms with van der Waals surface area (Å²) < 4.78 is 0. The summed E-state index contributed by atoms with van der Waals surface area (Å²) in [5, 5.41) is 33.7. The van der Waals surface area contributed by atoms with E-state index in [0.29, 0.717) is 33.1 Å². The van der Waals surface area contributed by atoms with E-state index in [4.69, 9.17) is 44.1 Å². The van der Waals surface area contributed by atoms with E-state index in [1.54, 1.807) is 12.1 Å². The number of carboxylic acid groups (broad SMARTS) is 2. The first-order chi connectivity index (χ1) is 30.9. The molecule has 0 amide bonds. The van der Waals surface area contributed by atoms with Crippen LogP contribution in [-0.2, 0) is 9.59 Å². The van der Waals surface area contributed by atoms with Gasteiger partial charge in [-0.25, -0.2) is 9.59 Å². The van der Waals surface area contributed by atoms with Gasteiger partial charge in [-0.15, -0.1) is 0 Å². The number of benzene rings is 6. The van der Waals surface area contributed by atoms with Crippen LogP contribution in [0.4, 0.5) is 11.4 Å². The van der Waals surface area contributed by atoms with E-state index >= 15 is 0 Å². The third kappa shape index (κ3) is 12.8. The highest BCUT2D eigenvalue weighted by atomic mass is 35.5. The van der Waals surface area contributed by atoms with Crippen LogP contribution in [0.3, 0.4) is 0 Å². The van der Waals surface area contributed by atoms with Crippen LogP contribution in [-0.4, -0.2) is 34.6 Å². The average molecular weight is 872 g/mol. The molecule has 6 rings (SSSR count). The molecule has 64 heavy (non-hydrogen) atoms. The molecule has 0 aliphatic carbocycles. The maximum absolute atomic E-state index is 10.9. The van der Waals surface area contributed by atoms with Gasteiger partial charge in [-0.05, 0) is 135 Å². The number of carbonyl (C=O) groups is 2. The van der Waals surface area contributed by atoms with Crippen molar-refractivity contribution in [3.8, 4) is 0 Å². The molecule has 0 atom stereocenters. The van der Waals surface area contributed by atoms with Crippen molar-refractivity contribution >= 4 is 81.8 Å². The predicted octanol–water partition coefficient (Wildman–Crippen LogP) is 13.5. The van der Waals surface area contributed by atoms with Crippen molar-refractivity contribution in [1.82, 2.24) is 0 Å². The van der Waals surface area contributed by atoms with E-state index in [0.717, 1.165) is 86.2 Å². The number of hydrogen-bond acceptors (Lipinski definition) is 6. The van der Waals surface area contributed by atoms with Crippen LogP contribution in [0.1, 0.15) is 102 Å². The van der Waals surface area contributed by atoms with Gasteiger partial charge in [0.25, 0.3) is 0 Å². The zero-order chi connectivity index (χ0) is 46.8. The molecule has 0 unspecified atom stereocenters. The lowest BCUT2D eigenvalue weighted by molar-refractivity contribution is -0.132. The molecule has 0 spiro atoms. The molecule has 326 valence electrons. The summed E-state index contributed by atoms with van der Waals surface area (Å²) in [5.41, 5.74) is 27.4. The second-order valence-corrected chi connectivity index (χ2v) is 14.7. The quantitative estimate of drug-likeness (QED) is 0.0275. The van der Waals surface area contributed by atoms with Crippen molar-refractivity contribution in [2.75, 3.05) is 11.5 Å². The van der Waals surface area contributed by atoms with Gasteiger partial charge < -0.3 is 32.5 Å². The topological polar surface area (TPSA) is 174 Å². The number of carboxylic acids is 2. The molecule has 6 aromatic rings. The third-order valence-corrected chi connectivity index (χ3v) is 10.6. The lowest BCUT2D eigenvalue weighted by Gasteiger charge is -2.18. The minimum Gasteiger partial charge on any atom is -0.478 e. The molecule has 0 saturated carbocycles. The Morgan fingerprint density at radius 3 is 1.28 bits per heavy atom. The second-order valence-electron chi connectivity index (χ2n) is 14.3. The van der Waals surface area contributed by atoms with E-state index in [1.807, 2.05) is 118 Å². The Hall–Kier alpha value is -7.55. The third-order valence-electron chi connectivity index (χ3n) is 10.3. The standard InChI is InChI=1S/C27H26N2O2.C26H23ClN2O2.C2H6/c1-3-24(20-7-5-4-6-8-20)27(22-11-13-25(29)23(16-22)17-28)21-10-9-19(18(2)15-21)12-14-26(30)31;1-2-22(17-6-4-3-5-7-17)26(19-10-12-24(29)21(14-19)16-28)20-9-8-18(23(27)15-20)11-13-25(30)31;1-2/h4-17,28H,3,29H2,1-2H3,(H,30,31);3-16,28H,2,29H2,1H3,(H,30,31);1-2H3/b14-12+,27-24+,28-17?;13-11+,26-22-,28-16?;. The Balaban J connectivity index is 0.000000270. The number of allylic oxidation sites excluding steroid dienone is 2. The van der Waals surface area contributed by atoms with Crippen LogP contribution in [0, 0.1) is 17.7 Å². The summed E-state index contributed by atoms with van der Waals surface area (Å²) in [7, 11) is 0.